The Morgan fingerprint density at radius 1 is 1.47 bits per heavy atom. The van der Waals surface area contributed by atoms with E-state index in [4.69, 9.17) is 0 Å². The number of hydrogen-bond donors (Lipinski definition) is 0. The number of carbonyl (C=O) groups is 1. The molecular formula is C8H10N2OS4. The molecule has 0 atom stereocenters. The first kappa shape index (κ1) is 13.1. The quantitative estimate of drug-likeness (QED) is 0.452. The topological polar surface area (TPSA) is 42.9 Å². The molecule has 3 nitrogen and oxygen atoms in total. The highest BCUT2D eigenvalue weighted by Gasteiger charge is 2.05. The molecule has 7 heteroatoms. The van der Waals surface area contributed by atoms with Crippen LogP contribution in [0.1, 0.15) is 6.92 Å². The van der Waals surface area contributed by atoms with Crippen LogP contribution in [0.15, 0.2) is 21.3 Å². The average molecular weight is 278 g/mol. The molecule has 0 bridgehead atoms. The van der Waals surface area contributed by atoms with Gasteiger partial charge in [-0.2, -0.15) is 0 Å². The number of rotatable bonds is 6. The molecule has 82 valence electrons. The van der Waals surface area contributed by atoms with E-state index in [1.807, 2.05) is 0 Å². The SMILES string of the molecule is C=CC(=O)SCSc1nnc(SCC)s1. The largest absolute Gasteiger partial charge is 0.282 e. The molecule has 0 aromatic carbocycles. The van der Waals surface area contributed by atoms with E-state index in [1.165, 1.54) is 29.6 Å². The van der Waals surface area contributed by atoms with Crippen molar-refractivity contribution < 1.29 is 4.79 Å². The molecule has 0 saturated carbocycles. The van der Waals surface area contributed by atoms with Crippen LogP contribution < -0.4 is 0 Å². The molecule has 0 spiro atoms. The van der Waals surface area contributed by atoms with Gasteiger partial charge in [-0.15, -0.1) is 10.2 Å². The third kappa shape index (κ3) is 5.05. The summed E-state index contributed by atoms with van der Waals surface area (Å²) in [6, 6.07) is 0. The second kappa shape index (κ2) is 7.32. The zero-order valence-corrected chi connectivity index (χ0v) is 11.4. The Morgan fingerprint density at radius 2 is 2.13 bits per heavy atom. The molecule has 0 amide bonds. The minimum atomic E-state index is -0.00447. The Kier molecular flexibility index (Phi) is 6.39. The van der Waals surface area contributed by atoms with Gasteiger partial charge in [-0.1, -0.05) is 60.1 Å². The van der Waals surface area contributed by atoms with Crippen molar-refractivity contribution in [2.45, 2.75) is 15.6 Å². The van der Waals surface area contributed by atoms with Gasteiger partial charge in [0, 0.05) is 0 Å². The average Bonchev–Trinajstić information content (AvgIpc) is 2.66. The predicted molar refractivity (Wildman–Crippen MR) is 69.8 cm³/mol. The summed E-state index contributed by atoms with van der Waals surface area (Å²) in [5, 5.41) is 8.70. The van der Waals surface area contributed by atoms with Crippen LogP contribution in [0, 0.1) is 0 Å². The monoisotopic (exact) mass is 278 g/mol. The van der Waals surface area contributed by atoms with Crippen LogP contribution in [0.3, 0.4) is 0 Å². The summed E-state index contributed by atoms with van der Waals surface area (Å²) < 4.78 is 1.90. The first-order valence-corrected chi connectivity index (χ1v) is 7.92. The highest BCUT2D eigenvalue weighted by Crippen LogP contribution is 2.30. The van der Waals surface area contributed by atoms with Crippen molar-refractivity contribution >= 4 is 51.7 Å². The van der Waals surface area contributed by atoms with Gasteiger partial charge < -0.3 is 0 Å². The van der Waals surface area contributed by atoms with E-state index in [-0.39, 0.29) is 5.12 Å². The first-order chi connectivity index (χ1) is 7.26. The highest BCUT2D eigenvalue weighted by atomic mass is 32.2. The van der Waals surface area contributed by atoms with Crippen molar-refractivity contribution in [2.75, 3.05) is 10.8 Å². The van der Waals surface area contributed by atoms with E-state index >= 15 is 0 Å². The van der Waals surface area contributed by atoms with Crippen LogP contribution in [0.2, 0.25) is 0 Å². The van der Waals surface area contributed by atoms with Crippen molar-refractivity contribution in [1.82, 2.24) is 10.2 Å². The Bertz CT molecular complexity index is 339. The van der Waals surface area contributed by atoms with Crippen molar-refractivity contribution in [3.05, 3.63) is 12.7 Å². The summed E-state index contributed by atoms with van der Waals surface area (Å²) in [4.78, 5) is 10.9. The minimum Gasteiger partial charge on any atom is -0.282 e. The lowest BCUT2D eigenvalue weighted by Gasteiger charge is -1.92. The molecule has 0 N–H and O–H groups in total. The fourth-order valence-corrected chi connectivity index (χ4v) is 4.50. The third-order valence-electron chi connectivity index (χ3n) is 1.21. The fourth-order valence-electron chi connectivity index (χ4n) is 0.634. The van der Waals surface area contributed by atoms with Gasteiger partial charge in [0.15, 0.2) is 8.68 Å². The molecule has 0 saturated heterocycles. The summed E-state index contributed by atoms with van der Waals surface area (Å²) in [5.41, 5.74) is 0. The molecule has 0 radical (unpaired) electrons. The zero-order chi connectivity index (χ0) is 11.1. The van der Waals surface area contributed by atoms with E-state index in [2.05, 4.69) is 23.7 Å². The van der Waals surface area contributed by atoms with Crippen molar-refractivity contribution in [2.24, 2.45) is 0 Å². The van der Waals surface area contributed by atoms with Crippen LogP contribution in [-0.2, 0) is 4.79 Å². The van der Waals surface area contributed by atoms with Crippen LogP contribution >= 0.6 is 46.6 Å². The Balaban J connectivity index is 2.31. The summed E-state index contributed by atoms with van der Waals surface area (Å²) >= 11 is 6.02. The third-order valence-corrected chi connectivity index (χ3v) is 5.27. The molecule has 0 unspecified atom stereocenters. The van der Waals surface area contributed by atoms with Crippen LogP contribution in [-0.4, -0.2) is 26.2 Å². The smallest absolute Gasteiger partial charge is 0.212 e. The number of thioether (sulfide) groups is 3. The maximum Gasteiger partial charge on any atom is 0.212 e. The van der Waals surface area contributed by atoms with E-state index in [9.17, 15) is 4.79 Å². The lowest BCUT2D eigenvalue weighted by Crippen LogP contribution is -1.83. The molecule has 0 aliphatic heterocycles. The van der Waals surface area contributed by atoms with E-state index < -0.39 is 0 Å². The highest BCUT2D eigenvalue weighted by molar-refractivity contribution is 8.24. The lowest BCUT2D eigenvalue weighted by molar-refractivity contribution is -0.107. The fraction of sp³-hybridized carbons (Fsp3) is 0.375. The normalized spacial score (nSPS) is 10.2. The summed E-state index contributed by atoms with van der Waals surface area (Å²) in [6.07, 6.45) is 1.32. The van der Waals surface area contributed by atoms with Gasteiger partial charge >= 0.3 is 0 Å². The molecule has 0 fully saturated rings. The molecule has 1 rings (SSSR count). The van der Waals surface area contributed by atoms with Crippen LogP contribution in [0.4, 0.5) is 0 Å². The Labute approximate surface area is 106 Å². The molecule has 1 aromatic rings. The molecular weight excluding hydrogens is 268 g/mol. The molecule has 1 heterocycles. The van der Waals surface area contributed by atoms with Gasteiger partial charge in [0.25, 0.3) is 0 Å². The van der Waals surface area contributed by atoms with Crippen molar-refractivity contribution in [3.63, 3.8) is 0 Å². The second-order valence-electron chi connectivity index (χ2n) is 2.20. The predicted octanol–water partition coefficient (Wildman–Crippen LogP) is 3.15. The Hall–Kier alpha value is 0.0200. The van der Waals surface area contributed by atoms with Crippen LogP contribution in [0.25, 0.3) is 0 Å². The summed E-state index contributed by atoms with van der Waals surface area (Å²) in [7, 11) is 0. The maximum absolute atomic E-state index is 10.9. The van der Waals surface area contributed by atoms with E-state index in [0.717, 1.165) is 14.4 Å². The molecule has 1 aromatic heterocycles. The number of carbonyl (C=O) groups excluding carboxylic acids is 1. The molecule has 0 aliphatic rings. The standard InChI is InChI=1S/C8H10N2OS4/c1-3-6(11)13-5-14-8-10-9-7(15-8)12-4-2/h3H,1,4-5H2,2H3. The molecule has 15 heavy (non-hydrogen) atoms. The maximum atomic E-state index is 10.9. The van der Waals surface area contributed by atoms with Gasteiger partial charge in [-0.05, 0) is 11.8 Å². The first-order valence-electron chi connectivity index (χ1n) is 4.14. The van der Waals surface area contributed by atoms with E-state index in [1.54, 1.807) is 23.1 Å². The zero-order valence-electron chi connectivity index (χ0n) is 8.13. The van der Waals surface area contributed by atoms with Gasteiger partial charge in [0.05, 0.1) is 5.08 Å². The number of hydrogen-bond acceptors (Lipinski definition) is 7. The second-order valence-corrected chi connectivity index (χ2v) is 7.25. The Morgan fingerprint density at radius 3 is 2.73 bits per heavy atom. The summed E-state index contributed by atoms with van der Waals surface area (Å²) in [6.45, 7) is 5.49. The summed E-state index contributed by atoms with van der Waals surface area (Å²) in [5.74, 6) is 1.00. The molecule has 0 aliphatic carbocycles. The van der Waals surface area contributed by atoms with Gasteiger partial charge in [0.1, 0.15) is 0 Å². The van der Waals surface area contributed by atoms with Gasteiger partial charge in [-0.3, -0.25) is 4.79 Å². The van der Waals surface area contributed by atoms with Crippen molar-refractivity contribution in [3.8, 4) is 0 Å². The lowest BCUT2D eigenvalue weighted by atomic mass is 10.7. The van der Waals surface area contributed by atoms with E-state index in [0.29, 0.717) is 5.08 Å². The number of aromatic nitrogens is 2. The van der Waals surface area contributed by atoms with Gasteiger partial charge in [0.2, 0.25) is 5.12 Å². The number of nitrogens with zero attached hydrogens (tertiary/aromatic N) is 2. The van der Waals surface area contributed by atoms with Crippen LogP contribution in [0.5, 0.6) is 0 Å². The minimum absolute atomic E-state index is 0.00447. The van der Waals surface area contributed by atoms with Gasteiger partial charge in [-0.25, -0.2) is 0 Å². The van der Waals surface area contributed by atoms with Crippen molar-refractivity contribution in [1.29, 1.82) is 0 Å².